The second kappa shape index (κ2) is 9.08. The molecular weight excluding hydrogens is 324 g/mol. The molecule has 0 saturated carbocycles. The maximum Gasteiger partial charge on any atom is 0.261 e. The molecule has 1 aromatic carbocycles. The van der Waals surface area contributed by atoms with Crippen LogP contribution in [0.2, 0.25) is 0 Å². The van der Waals surface area contributed by atoms with Gasteiger partial charge in [-0.3, -0.25) is 9.59 Å². The number of hydrogen-bond donors (Lipinski definition) is 2. The van der Waals surface area contributed by atoms with Crippen LogP contribution in [0.25, 0.3) is 0 Å². The van der Waals surface area contributed by atoms with E-state index in [-0.39, 0.29) is 17.9 Å². The van der Waals surface area contributed by atoms with Crippen molar-refractivity contribution in [1.29, 1.82) is 0 Å². The molecule has 1 heterocycles. The molecule has 0 aliphatic heterocycles. The highest BCUT2D eigenvalue weighted by Crippen LogP contribution is 2.13. The minimum Gasteiger partial charge on any atom is -0.491 e. The molecule has 0 bridgehead atoms. The summed E-state index contributed by atoms with van der Waals surface area (Å²) in [5.41, 5.74) is 0.591. The summed E-state index contributed by atoms with van der Waals surface area (Å²) in [7, 11) is 0. The first-order valence-corrected chi connectivity index (χ1v) is 8.81. The Bertz CT molecular complexity index is 651. The molecule has 0 fully saturated rings. The Morgan fingerprint density at radius 2 is 1.71 bits per heavy atom. The fourth-order valence-corrected chi connectivity index (χ4v) is 2.69. The summed E-state index contributed by atoms with van der Waals surface area (Å²) in [6.45, 7) is 4.95. The molecule has 0 radical (unpaired) electrons. The average Bonchev–Trinajstić information content (AvgIpc) is 3.09. The number of rotatable bonds is 8. The summed E-state index contributed by atoms with van der Waals surface area (Å²) >= 11 is 1.41. The van der Waals surface area contributed by atoms with Gasteiger partial charge in [-0.05, 0) is 56.0 Å². The summed E-state index contributed by atoms with van der Waals surface area (Å²) in [6, 6.07) is 10.7. The van der Waals surface area contributed by atoms with E-state index in [1.807, 2.05) is 25.3 Å². The van der Waals surface area contributed by atoms with Gasteiger partial charge in [-0.15, -0.1) is 11.3 Å². The van der Waals surface area contributed by atoms with E-state index in [0.29, 0.717) is 30.0 Å². The predicted molar refractivity (Wildman–Crippen MR) is 95.8 cm³/mol. The topological polar surface area (TPSA) is 67.4 Å². The highest BCUT2D eigenvalue weighted by molar-refractivity contribution is 7.12. The van der Waals surface area contributed by atoms with Crippen molar-refractivity contribution in [2.75, 3.05) is 13.1 Å². The summed E-state index contributed by atoms with van der Waals surface area (Å²) < 4.78 is 5.54. The highest BCUT2D eigenvalue weighted by atomic mass is 32.1. The van der Waals surface area contributed by atoms with E-state index in [1.165, 1.54) is 11.3 Å². The first-order chi connectivity index (χ1) is 11.6. The average molecular weight is 346 g/mol. The maximum atomic E-state index is 12.0. The number of nitrogens with one attached hydrogen (secondary N) is 2. The van der Waals surface area contributed by atoms with Crippen LogP contribution in [0.5, 0.6) is 5.75 Å². The smallest absolute Gasteiger partial charge is 0.261 e. The quantitative estimate of drug-likeness (QED) is 0.722. The van der Waals surface area contributed by atoms with Crippen LogP contribution in [0.4, 0.5) is 0 Å². The molecule has 2 rings (SSSR count). The van der Waals surface area contributed by atoms with Gasteiger partial charge in [-0.1, -0.05) is 6.07 Å². The highest BCUT2D eigenvalue weighted by Gasteiger charge is 2.07. The van der Waals surface area contributed by atoms with Crippen LogP contribution >= 0.6 is 11.3 Å². The molecule has 0 atom stereocenters. The van der Waals surface area contributed by atoms with Crippen molar-refractivity contribution in [3.63, 3.8) is 0 Å². The van der Waals surface area contributed by atoms with Crippen molar-refractivity contribution < 1.29 is 14.3 Å². The number of thiophene rings is 1. The SMILES string of the molecule is CC(C)Oc1ccc(C(=O)NCCCNC(=O)c2cccs2)cc1. The molecule has 1 aromatic heterocycles. The molecule has 0 aliphatic rings. The van der Waals surface area contributed by atoms with Crippen molar-refractivity contribution in [3.05, 3.63) is 52.2 Å². The monoisotopic (exact) mass is 346 g/mol. The van der Waals surface area contributed by atoms with E-state index in [4.69, 9.17) is 4.74 Å². The van der Waals surface area contributed by atoms with E-state index in [2.05, 4.69) is 10.6 Å². The fraction of sp³-hybridized carbons (Fsp3) is 0.333. The third-order valence-corrected chi connectivity index (χ3v) is 4.03. The zero-order chi connectivity index (χ0) is 17.4. The Morgan fingerprint density at radius 1 is 1.04 bits per heavy atom. The molecule has 2 amide bonds. The molecule has 0 aliphatic carbocycles. The van der Waals surface area contributed by atoms with Gasteiger partial charge in [0.05, 0.1) is 11.0 Å². The zero-order valence-corrected chi connectivity index (χ0v) is 14.7. The number of amides is 2. The van der Waals surface area contributed by atoms with Crippen LogP contribution in [-0.2, 0) is 0 Å². The standard InChI is InChI=1S/C18H22N2O3S/c1-13(2)23-15-8-6-14(7-9-15)17(21)19-10-4-11-20-18(22)16-5-3-12-24-16/h3,5-9,12-13H,4,10-11H2,1-2H3,(H,19,21)(H,20,22). The van der Waals surface area contributed by atoms with Crippen molar-refractivity contribution in [3.8, 4) is 5.75 Å². The minimum absolute atomic E-state index is 0.0722. The minimum atomic E-state index is -0.129. The van der Waals surface area contributed by atoms with E-state index in [0.717, 1.165) is 5.75 Å². The van der Waals surface area contributed by atoms with Gasteiger partial charge in [-0.25, -0.2) is 0 Å². The predicted octanol–water partition coefficient (Wildman–Crippen LogP) is 3.09. The molecule has 0 unspecified atom stereocenters. The van der Waals surface area contributed by atoms with Crippen LogP contribution in [0, 0.1) is 0 Å². The molecule has 0 saturated heterocycles. The van der Waals surface area contributed by atoms with Crippen LogP contribution in [0.15, 0.2) is 41.8 Å². The Labute approximate surface area is 146 Å². The van der Waals surface area contributed by atoms with Crippen LogP contribution < -0.4 is 15.4 Å². The van der Waals surface area contributed by atoms with Gasteiger partial charge in [0.25, 0.3) is 11.8 Å². The summed E-state index contributed by atoms with van der Waals surface area (Å²) in [5, 5.41) is 7.53. The van der Waals surface area contributed by atoms with E-state index < -0.39 is 0 Å². The molecule has 0 spiro atoms. The molecule has 2 N–H and O–H groups in total. The van der Waals surface area contributed by atoms with Gasteiger partial charge in [0, 0.05) is 18.7 Å². The Balaban J connectivity index is 1.66. The lowest BCUT2D eigenvalue weighted by Crippen LogP contribution is -2.29. The normalized spacial score (nSPS) is 10.5. The number of carbonyl (C=O) groups is 2. The third kappa shape index (κ3) is 5.70. The van der Waals surface area contributed by atoms with Crippen molar-refractivity contribution in [2.45, 2.75) is 26.4 Å². The fourth-order valence-electron chi connectivity index (χ4n) is 2.05. The summed E-state index contributed by atoms with van der Waals surface area (Å²) in [5.74, 6) is 0.547. The Kier molecular flexibility index (Phi) is 6.81. The Morgan fingerprint density at radius 3 is 2.29 bits per heavy atom. The van der Waals surface area contributed by atoms with E-state index >= 15 is 0 Å². The van der Waals surface area contributed by atoms with Gasteiger partial charge in [0.15, 0.2) is 0 Å². The lowest BCUT2D eigenvalue weighted by molar-refractivity contribution is 0.0953. The van der Waals surface area contributed by atoms with E-state index in [9.17, 15) is 9.59 Å². The first kappa shape index (κ1) is 18.0. The van der Waals surface area contributed by atoms with Crippen molar-refractivity contribution in [1.82, 2.24) is 10.6 Å². The van der Waals surface area contributed by atoms with Crippen LogP contribution in [0.1, 0.15) is 40.3 Å². The molecule has 128 valence electrons. The van der Waals surface area contributed by atoms with Gasteiger partial charge in [0.2, 0.25) is 0 Å². The van der Waals surface area contributed by atoms with Gasteiger partial charge < -0.3 is 15.4 Å². The second-order valence-corrected chi connectivity index (χ2v) is 6.48. The second-order valence-electron chi connectivity index (χ2n) is 5.53. The molecule has 5 nitrogen and oxygen atoms in total. The van der Waals surface area contributed by atoms with Crippen molar-refractivity contribution in [2.24, 2.45) is 0 Å². The summed E-state index contributed by atoms with van der Waals surface area (Å²) in [4.78, 5) is 24.5. The van der Waals surface area contributed by atoms with Crippen LogP contribution in [-0.4, -0.2) is 31.0 Å². The van der Waals surface area contributed by atoms with Gasteiger partial charge in [0.1, 0.15) is 5.75 Å². The number of carbonyl (C=O) groups excluding carboxylic acids is 2. The van der Waals surface area contributed by atoms with Crippen LogP contribution in [0.3, 0.4) is 0 Å². The van der Waals surface area contributed by atoms with Gasteiger partial charge in [-0.2, -0.15) is 0 Å². The largest absolute Gasteiger partial charge is 0.491 e. The van der Waals surface area contributed by atoms with Crippen molar-refractivity contribution >= 4 is 23.2 Å². The first-order valence-electron chi connectivity index (χ1n) is 7.93. The lowest BCUT2D eigenvalue weighted by Gasteiger charge is -2.10. The zero-order valence-electron chi connectivity index (χ0n) is 13.9. The molecule has 24 heavy (non-hydrogen) atoms. The van der Waals surface area contributed by atoms with E-state index in [1.54, 1.807) is 30.3 Å². The molecule has 6 heteroatoms. The molecular formula is C18H22N2O3S. The maximum absolute atomic E-state index is 12.0. The Hall–Kier alpha value is -2.34. The lowest BCUT2D eigenvalue weighted by atomic mass is 10.2. The molecule has 2 aromatic rings. The number of hydrogen-bond acceptors (Lipinski definition) is 4. The number of ether oxygens (including phenoxy) is 1. The number of benzene rings is 1. The third-order valence-electron chi connectivity index (χ3n) is 3.16. The van der Waals surface area contributed by atoms with Gasteiger partial charge >= 0.3 is 0 Å². The summed E-state index contributed by atoms with van der Waals surface area (Å²) in [6.07, 6.45) is 0.784.